The van der Waals surface area contributed by atoms with Crippen LogP contribution >= 0.6 is 0 Å². The van der Waals surface area contributed by atoms with Gasteiger partial charge in [-0.25, -0.2) is 0 Å². The summed E-state index contributed by atoms with van der Waals surface area (Å²) in [6, 6.07) is 10.1. The van der Waals surface area contributed by atoms with Crippen molar-refractivity contribution in [3.05, 3.63) is 30.3 Å². The minimum absolute atomic E-state index is 0.568. The quantitative estimate of drug-likeness (QED) is 0.737. The monoisotopic (exact) mass is 199 g/mol. The fraction of sp³-hybridized carbons (Fsp3) is 0.333. The van der Waals surface area contributed by atoms with Crippen LogP contribution in [0.3, 0.4) is 0 Å². The van der Waals surface area contributed by atoms with Crippen molar-refractivity contribution in [3.8, 4) is 0 Å². The number of benzene rings is 1. The number of rotatable bonds is 3. The number of para-hydroxylation sites is 1. The predicted octanol–water partition coefficient (Wildman–Crippen LogP) is 1.01. The highest BCUT2D eigenvalue weighted by molar-refractivity contribution is 6.17. The van der Waals surface area contributed by atoms with Gasteiger partial charge in [-0.1, -0.05) is 18.2 Å². The molecule has 0 aliphatic rings. The number of hydrogen-bond donors (Lipinski definition) is 1. The molecule has 0 spiro atoms. The predicted molar refractivity (Wildman–Crippen MR) is 58.6 cm³/mol. The minimum Gasteiger partial charge on any atom is -0.402 e. The van der Waals surface area contributed by atoms with E-state index in [-0.39, 0.29) is 0 Å². The summed E-state index contributed by atoms with van der Waals surface area (Å²) < 4.78 is 9.22. The third-order valence-corrected chi connectivity index (χ3v) is 1.77. The summed E-state index contributed by atoms with van der Waals surface area (Å²) in [7, 11) is 4.64. The van der Waals surface area contributed by atoms with Crippen LogP contribution in [0.1, 0.15) is 0 Å². The first kappa shape index (κ1) is 12.2. The van der Waals surface area contributed by atoms with Crippen molar-refractivity contribution in [1.82, 2.24) is 0 Å². The molecule has 1 N–H and O–H groups in total. The van der Waals surface area contributed by atoms with Crippen molar-refractivity contribution in [2.24, 2.45) is 0 Å². The Hall–Kier alpha value is -0.843. The third kappa shape index (κ3) is 7.52. The zero-order valence-electron chi connectivity index (χ0n) is 8.41. The van der Waals surface area contributed by atoms with Gasteiger partial charge in [0.2, 0.25) is 0 Å². The fourth-order valence-corrected chi connectivity index (χ4v) is 0.958. The molecular weight excluding hydrogens is 182 g/mol. The molecule has 3 nitrogen and oxygen atoms in total. The highest BCUT2D eigenvalue weighted by Gasteiger charge is 1.77. The van der Waals surface area contributed by atoms with E-state index >= 15 is 0 Å². The molecule has 0 aromatic heterocycles. The molecule has 74 valence electrons. The van der Waals surface area contributed by atoms with Gasteiger partial charge in [0, 0.05) is 27.0 Å². The Morgan fingerprint density at radius 3 is 1.85 bits per heavy atom. The molecule has 1 aromatic rings. The Kier molecular flexibility index (Phi) is 8.65. The van der Waals surface area contributed by atoms with E-state index in [0.717, 1.165) is 5.69 Å². The van der Waals surface area contributed by atoms with E-state index in [2.05, 4.69) is 14.2 Å². The van der Waals surface area contributed by atoms with Gasteiger partial charge in [0.1, 0.15) is 0 Å². The molecule has 0 bridgehead atoms. The van der Waals surface area contributed by atoms with Crippen LogP contribution in [0.5, 0.6) is 0 Å². The highest BCUT2D eigenvalue weighted by Crippen LogP contribution is 2.01. The normalized spacial score (nSPS) is 8.54. The Balaban J connectivity index is 0.000000252. The Morgan fingerprint density at radius 1 is 1.08 bits per heavy atom. The van der Waals surface area contributed by atoms with Gasteiger partial charge in [0.05, 0.1) is 0 Å². The van der Waals surface area contributed by atoms with E-state index in [1.54, 1.807) is 14.2 Å². The maximum atomic E-state index is 4.61. The van der Waals surface area contributed by atoms with Crippen LogP contribution in [-0.4, -0.2) is 31.3 Å². The van der Waals surface area contributed by atoms with Gasteiger partial charge in [-0.05, 0) is 12.1 Å². The summed E-state index contributed by atoms with van der Waals surface area (Å²) in [4.78, 5) is 0. The Labute approximate surface area is 82.1 Å². The lowest BCUT2D eigenvalue weighted by molar-refractivity contribution is 0.309. The third-order valence-electron chi connectivity index (χ3n) is 1.30. The average molecular weight is 199 g/mol. The molecule has 1 rings (SSSR count). The molecule has 0 unspecified atom stereocenters. The zero-order chi connectivity index (χ0) is 9.94. The van der Waals surface area contributed by atoms with Crippen LogP contribution < -0.4 is 5.32 Å². The van der Waals surface area contributed by atoms with Crippen molar-refractivity contribution in [2.45, 2.75) is 0 Å². The molecule has 0 aliphatic heterocycles. The van der Waals surface area contributed by atoms with E-state index < -0.39 is 10.0 Å². The highest BCUT2D eigenvalue weighted by atomic mass is 28.3. The molecule has 0 fully saturated rings. The Bertz CT molecular complexity index is 192. The van der Waals surface area contributed by atoms with E-state index in [9.17, 15) is 0 Å². The van der Waals surface area contributed by atoms with Crippen molar-refractivity contribution in [2.75, 3.05) is 26.6 Å². The molecule has 4 heteroatoms. The topological polar surface area (TPSA) is 30.5 Å². The zero-order valence-corrected chi connectivity index (χ0v) is 9.82. The molecular formula is C9H17NO2Si. The van der Waals surface area contributed by atoms with Gasteiger partial charge in [-0.2, -0.15) is 0 Å². The lowest BCUT2D eigenvalue weighted by Gasteiger charge is -1.94. The summed E-state index contributed by atoms with van der Waals surface area (Å²) in [5.41, 5.74) is 1.16. The number of hydrogen-bond acceptors (Lipinski definition) is 3. The second kappa shape index (κ2) is 9.25. The maximum Gasteiger partial charge on any atom is 0.303 e. The minimum atomic E-state index is -0.568. The van der Waals surface area contributed by atoms with Gasteiger partial charge < -0.3 is 14.2 Å². The van der Waals surface area contributed by atoms with Crippen molar-refractivity contribution < 1.29 is 8.85 Å². The van der Waals surface area contributed by atoms with Crippen LogP contribution in [0, 0.1) is 0 Å². The second-order valence-corrected chi connectivity index (χ2v) is 3.70. The summed E-state index contributed by atoms with van der Waals surface area (Å²) in [6.45, 7) is 0. The maximum absolute atomic E-state index is 4.61. The largest absolute Gasteiger partial charge is 0.402 e. The summed E-state index contributed by atoms with van der Waals surface area (Å²) in [5.74, 6) is 0. The van der Waals surface area contributed by atoms with Crippen LogP contribution in [0.15, 0.2) is 30.3 Å². The number of anilines is 1. The molecule has 0 heterocycles. The molecule has 1 aromatic carbocycles. The summed E-state index contributed by atoms with van der Waals surface area (Å²) in [6.07, 6.45) is 0. The average Bonchev–Trinajstić information content (AvgIpc) is 2.21. The molecule has 0 saturated heterocycles. The fourth-order valence-electron chi connectivity index (χ4n) is 0.723. The smallest absolute Gasteiger partial charge is 0.303 e. The van der Waals surface area contributed by atoms with E-state index in [4.69, 9.17) is 0 Å². The van der Waals surface area contributed by atoms with Crippen LogP contribution in [0.2, 0.25) is 0 Å². The Morgan fingerprint density at radius 2 is 1.62 bits per heavy atom. The summed E-state index contributed by atoms with van der Waals surface area (Å²) >= 11 is 0. The van der Waals surface area contributed by atoms with E-state index in [1.807, 2.05) is 37.4 Å². The van der Waals surface area contributed by atoms with Crippen molar-refractivity contribution in [3.63, 3.8) is 0 Å². The van der Waals surface area contributed by atoms with E-state index in [0.29, 0.717) is 0 Å². The van der Waals surface area contributed by atoms with Crippen LogP contribution in [0.4, 0.5) is 5.69 Å². The van der Waals surface area contributed by atoms with Gasteiger partial charge in [0.15, 0.2) is 0 Å². The molecule has 0 atom stereocenters. The van der Waals surface area contributed by atoms with Crippen molar-refractivity contribution >= 4 is 15.7 Å². The standard InChI is InChI=1S/C7H9N.C2H8O2Si/c1-8-7-5-3-2-4-6-7;1-3-5-4-2/h2-6,8H,1H3;5H2,1-2H3. The van der Waals surface area contributed by atoms with Crippen molar-refractivity contribution in [1.29, 1.82) is 0 Å². The first-order chi connectivity index (χ1) is 6.35. The van der Waals surface area contributed by atoms with Gasteiger partial charge in [0.25, 0.3) is 0 Å². The van der Waals surface area contributed by atoms with Crippen LogP contribution in [-0.2, 0) is 8.85 Å². The molecule has 13 heavy (non-hydrogen) atoms. The SMILES string of the molecule is CNc1ccccc1.CO[SiH2]OC. The first-order valence-electron chi connectivity index (χ1n) is 4.05. The lowest BCUT2D eigenvalue weighted by Crippen LogP contribution is -1.93. The van der Waals surface area contributed by atoms with Gasteiger partial charge in [-0.3, -0.25) is 0 Å². The first-order valence-corrected chi connectivity index (χ1v) is 5.21. The van der Waals surface area contributed by atoms with E-state index in [1.165, 1.54) is 0 Å². The summed E-state index contributed by atoms with van der Waals surface area (Å²) in [5, 5.41) is 3.03. The number of nitrogens with one attached hydrogen (secondary N) is 1. The molecule has 0 saturated carbocycles. The van der Waals surface area contributed by atoms with Crippen LogP contribution in [0.25, 0.3) is 0 Å². The van der Waals surface area contributed by atoms with Gasteiger partial charge in [-0.15, -0.1) is 0 Å². The molecule has 0 aliphatic carbocycles. The lowest BCUT2D eigenvalue weighted by atomic mass is 10.3. The van der Waals surface area contributed by atoms with Gasteiger partial charge >= 0.3 is 10.0 Å². The molecule has 0 amide bonds. The molecule has 0 radical (unpaired) electrons. The second-order valence-electron chi connectivity index (χ2n) is 2.31.